The van der Waals surface area contributed by atoms with Crippen molar-refractivity contribution in [3.8, 4) is 0 Å². The first-order chi connectivity index (χ1) is 4.81. The first kappa shape index (κ1) is 10.2. The highest BCUT2D eigenvalue weighted by Crippen LogP contribution is 2.09. The van der Waals surface area contributed by atoms with Gasteiger partial charge in [-0.15, -0.1) is 11.6 Å². The minimum Gasteiger partial charge on any atom is -0.396 e. The Kier molecular flexibility index (Phi) is 7.54. The van der Waals surface area contributed by atoms with E-state index in [0.717, 1.165) is 18.7 Å². The van der Waals surface area contributed by atoms with Gasteiger partial charge in [0.15, 0.2) is 0 Å². The molecular weight excluding hydrogens is 148 g/mol. The predicted octanol–water partition coefficient (Wildman–Crippen LogP) is 2.41. The van der Waals surface area contributed by atoms with Gasteiger partial charge < -0.3 is 5.11 Å². The second kappa shape index (κ2) is 7.36. The molecule has 0 aliphatic rings. The lowest BCUT2D eigenvalue weighted by atomic mass is 10.1. The molecule has 0 radical (unpaired) electrons. The van der Waals surface area contributed by atoms with Gasteiger partial charge in [-0.1, -0.05) is 19.8 Å². The monoisotopic (exact) mass is 164 g/mol. The van der Waals surface area contributed by atoms with E-state index in [-0.39, 0.29) is 0 Å². The second-order valence-corrected chi connectivity index (χ2v) is 3.14. The fraction of sp³-hybridized carbons (Fsp3) is 1.00. The number of aliphatic hydroxyl groups is 1. The Morgan fingerprint density at radius 1 is 1.30 bits per heavy atom. The Morgan fingerprint density at radius 3 is 2.50 bits per heavy atom. The molecule has 0 aliphatic heterocycles. The van der Waals surface area contributed by atoms with Crippen molar-refractivity contribution < 1.29 is 5.11 Å². The van der Waals surface area contributed by atoms with Crippen LogP contribution >= 0.6 is 11.6 Å². The third-order valence-electron chi connectivity index (χ3n) is 1.62. The minimum atomic E-state index is 0.329. The van der Waals surface area contributed by atoms with Crippen molar-refractivity contribution in [3.63, 3.8) is 0 Å². The number of halogens is 1. The summed E-state index contributed by atoms with van der Waals surface area (Å²) in [7, 11) is 0. The molecule has 0 heterocycles. The average Bonchev–Trinajstić information content (AvgIpc) is 1.98. The Morgan fingerprint density at radius 2 is 2.00 bits per heavy atom. The molecule has 1 atom stereocenters. The maximum absolute atomic E-state index is 8.46. The molecule has 0 aliphatic carbocycles. The summed E-state index contributed by atoms with van der Waals surface area (Å²) >= 11 is 5.62. The van der Waals surface area contributed by atoms with Crippen LogP contribution in [0.2, 0.25) is 0 Å². The highest BCUT2D eigenvalue weighted by molar-refractivity contribution is 6.18. The van der Waals surface area contributed by atoms with Gasteiger partial charge in [-0.25, -0.2) is 0 Å². The molecule has 0 aromatic carbocycles. The first-order valence-electron chi connectivity index (χ1n) is 3.98. The number of unbranched alkanes of at least 4 members (excludes halogenated alkanes) is 2. The molecule has 0 saturated heterocycles. The number of rotatable bonds is 6. The Balaban J connectivity index is 2.89. The van der Waals surface area contributed by atoms with Crippen LogP contribution in [0.5, 0.6) is 0 Å². The van der Waals surface area contributed by atoms with Gasteiger partial charge in [0.1, 0.15) is 0 Å². The summed E-state index contributed by atoms with van der Waals surface area (Å²) in [6.07, 6.45) is 4.48. The predicted molar refractivity (Wildman–Crippen MR) is 45.4 cm³/mol. The summed E-state index contributed by atoms with van der Waals surface area (Å²) in [5, 5.41) is 8.46. The topological polar surface area (TPSA) is 20.2 Å². The molecule has 0 spiro atoms. The lowest BCUT2D eigenvalue weighted by molar-refractivity contribution is 0.281. The van der Waals surface area contributed by atoms with Gasteiger partial charge in [0.25, 0.3) is 0 Å². The zero-order chi connectivity index (χ0) is 7.82. The third-order valence-corrected chi connectivity index (χ3v) is 2.15. The standard InChI is InChI=1S/C8H17ClO/c1-8(7-9)5-3-2-4-6-10/h8,10H,2-7H2,1H3/t8-/m1/s1. The Labute approximate surface area is 68.4 Å². The summed E-state index contributed by atoms with van der Waals surface area (Å²) in [6.45, 7) is 2.49. The smallest absolute Gasteiger partial charge is 0.0431 e. The summed E-state index contributed by atoms with van der Waals surface area (Å²) in [5.74, 6) is 1.40. The van der Waals surface area contributed by atoms with Crippen LogP contribution in [0.15, 0.2) is 0 Å². The Hall–Kier alpha value is 0.250. The van der Waals surface area contributed by atoms with Gasteiger partial charge in [0.2, 0.25) is 0 Å². The minimum absolute atomic E-state index is 0.329. The van der Waals surface area contributed by atoms with E-state index in [0.29, 0.717) is 12.5 Å². The van der Waals surface area contributed by atoms with Crippen LogP contribution in [0.4, 0.5) is 0 Å². The van der Waals surface area contributed by atoms with Crippen LogP contribution in [0.25, 0.3) is 0 Å². The largest absolute Gasteiger partial charge is 0.396 e. The number of hydrogen-bond donors (Lipinski definition) is 1. The van der Waals surface area contributed by atoms with Crippen molar-refractivity contribution in [2.45, 2.75) is 32.6 Å². The lowest BCUT2D eigenvalue weighted by Crippen LogP contribution is -1.95. The molecule has 0 fully saturated rings. The summed E-state index contributed by atoms with van der Waals surface area (Å²) in [5.41, 5.74) is 0. The molecule has 10 heavy (non-hydrogen) atoms. The average molecular weight is 165 g/mol. The summed E-state index contributed by atoms with van der Waals surface area (Å²) < 4.78 is 0. The highest BCUT2D eigenvalue weighted by atomic mass is 35.5. The van der Waals surface area contributed by atoms with E-state index in [2.05, 4.69) is 6.92 Å². The quantitative estimate of drug-likeness (QED) is 0.472. The van der Waals surface area contributed by atoms with E-state index in [9.17, 15) is 0 Å². The molecule has 62 valence electrons. The van der Waals surface area contributed by atoms with Crippen LogP contribution in [-0.2, 0) is 0 Å². The van der Waals surface area contributed by atoms with E-state index >= 15 is 0 Å². The zero-order valence-electron chi connectivity index (χ0n) is 6.65. The van der Waals surface area contributed by atoms with Crippen molar-refractivity contribution in [3.05, 3.63) is 0 Å². The molecule has 0 amide bonds. The molecule has 0 unspecified atom stereocenters. The summed E-state index contributed by atoms with van der Waals surface area (Å²) in [4.78, 5) is 0. The fourth-order valence-corrected chi connectivity index (χ4v) is 1.01. The van der Waals surface area contributed by atoms with Crippen molar-refractivity contribution >= 4 is 11.6 Å². The summed E-state index contributed by atoms with van der Waals surface area (Å²) in [6, 6.07) is 0. The van der Waals surface area contributed by atoms with Crippen LogP contribution < -0.4 is 0 Å². The SMILES string of the molecule is C[C@@H](CCl)CCCCCO. The van der Waals surface area contributed by atoms with E-state index in [1.807, 2.05) is 0 Å². The molecule has 0 aromatic rings. The zero-order valence-corrected chi connectivity index (χ0v) is 7.40. The Bertz CT molecular complexity index is 66.3. The van der Waals surface area contributed by atoms with Gasteiger partial charge in [-0.3, -0.25) is 0 Å². The number of hydrogen-bond acceptors (Lipinski definition) is 1. The molecule has 0 aromatic heterocycles. The number of aliphatic hydroxyl groups excluding tert-OH is 1. The van der Waals surface area contributed by atoms with Crippen molar-refractivity contribution in [1.29, 1.82) is 0 Å². The second-order valence-electron chi connectivity index (χ2n) is 2.83. The van der Waals surface area contributed by atoms with Gasteiger partial charge >= 0.3 is 0 Å². The van der Waals surface area contributed by atoms with Gasteiger partial charge in [-0.2, -0.15) is 0 Å². The normalized spacial score (nSPS) is 13.5. The molecule has 0 rings (SSSR count). The molecule has 2 heteroatoms. The molecule has 1 N–H and O–H groups in total. The van der Waals surface area contributed by atoms with E-state index in [4.69, 9.17) is 16.7 Å². The van der Waals surface area contributed by atoms with Crippen molar-refractivity contribution in [1.82, 2.24) is 0 Å². The van der Waals surface area contributed by atoms with Crippen LogP contribution in [-0.4, -0.2) is 17.6 Å². The van der Waals surface area contributed by atoms with Crippen LogP contribution in [0.3, 0.4) is 0 Å². The molecule has 0 saturated carbocycles. The van der Waals surface area contributed by atoms with Crippen LogP contribution in [0, 0.1) is 5.92 Å². The molecule has 0 bridgehead atoms. The van der Waals surface area contributed by atoms with Crippen LogP contribution in [0.1, 0.15) is 32.6 Å². The van der Waals surface area contributed by atoms with Gasteiger partial charge in [0.05, 0.1) is 0 Å². The van der Waals surface area contributed by atoms with Gasteiger partial charge in [0, 0.05) is 12.5 Å². The molecular formula is C8H17ClO. The highest BCUT2D eigenvalue weighted by Gasteiger charge is 1.97. The van der Waals surface area contributed by atoms with Crippen molar-refractivity contribution in [2.24, 2.45) is 5.92 Å². The van der Waals surface area contributed by atoms with E-state index in [1.165, 1.54) is 12.8 Å². The van der Waals surface area contributed by atoms with E-state index < -0.39 is 0 Å². The lowest BCUT2D eigenvalue weighted by Gasteiger charge is -2.04. The fourth-order valence-electron chi connectivity index (χ4n) is 0.859. The maximum atomic E-state index is 8.46. The number of alkyl halides is 1. The third kappa shape index (κ3) is 6.37. The van der Waals surface area contributed by atoms with Crippen molar-refractivity contribution in [2.75, 3.05) is 12.5 Å². The van der Waals surface area contributed by atoms with E-state index in [1.54, 1.807) is 0 Å². The first-order valence-corrected chi connectivity index (χ1v) is 4.51. The molecule has 1 nitrogen and oxygen atoms in total. The van der Waals surface area contributed by atoms with Gasteiger partial charge in [-0.05, 0) is 18.8 Å². The maximum Gasteiger partial charge on any atom is 0.0431 e.